The van der Waals surface area contributed by atoms with Crippen LogP contribution in [0.5, 0.6) is 0 Å². The van der Waals surface area contributed by atoms with Gasteiger partial charge in [0, 0.05) is 5.54 Å². The zero-order valence-corrected chi connectivity index (χ0v) is 13.1. The van der Waals surface area contributed by atoms with Crippen LogP contribution >= 0.6 is 0 Å². The zero-order chi connectivity index (χ0) is 13.3. The standard InChI is InChI=1S/C17H35N/c1-4-5-6-7-8-9-10-11-12-13-14-17(15-16-17)18(2)3/h4-16H2,1-3H3. The summed E-state index contributed by atoms with van der Waals surface area (Å²) in [5, 5.41) is 0. The van der Waals surface area contributed by atoms with E-state index < -0.39 is 0 Å². The summed E-state index contributed by atoms with van der Waals surface area (Å²) in [6.07, 6.45) is 18.9. The maximum absolute atomic E-state index is 2.46. The van der Waals surface area contributed by atoms with Crippen molar-refractivity contribution in [2.75, 3.05) is 14.1 Å². The quantitative estimate of drug-likeness (QED) is 0.421. The first-order valence-electron chi connectivity index (χ1n) is 8.39. The van der Waals surface area contributed by atoms with Crippen molar-refractivity contribution in [2.24, 2.45) is 0 Å². The van der Waals surface area contributed by atoms with Gasteiger partial charge >= 0.3 is 0 Å². The molecule has 0 unspecified atom stereocenters. The molecule has 0 spiro atoms. The van der Waals surface area contributed by atoms with E-state index in [-0.39, 0.29) is 0 Å². The van der Waals surface area contributed by atoms with E-state index in [9.17, 15) is 0 Å². The normalized spacial score (nSPS) is 17.3. The fraction of sp³-hybridized carbons (Fsp3) is 1.00. The third-order valence-corrected chi connectivity index (χ3v) is 4.77. The Hall–Kier alpha value is -0.0400. The van der Waals surface area contributed by atoms with Crippen molar-refractivity contribution in [3.05, 3.63) is 0 Å². The van der Waals surface area contributed by atoms with E-state index in [2.05, 4.69) is 25.9 Å². The number of nitrogens with zero attached hydrogens (tertiary/aromatic N) is 1. The summed E-state index contributed by atoms with van der Waals surface area (Å²) in [5.74, 6) is 0. The van der Waals surface area contributed by atoms with Gasteiger partial charge < -0.3 is 4.90 Å². The van der Waals surface area contributed by atoms with E-state index in [0.717, 1.165) is 0 Å². The van der Waals surface area contributed by atoms with E-state index in [1.807, 2.05) is 0 Å². The Balaban J connectivity index is 1.79. The van der Waals surface area contributed by atoms with Crippen LogP contribution in [0.1, 0.15) is 90.4 Å². The highest BCUT2D eigenvalue weighted by Gasteiger charge is 2.43. The van der Waals surface area contributed by atoms with E-state index >= 15 is 0 Å². The van der Waals surface area contributed by atoms with Crippen molar-refractivity contribution in [2.45, 2.75) is 95.9 Å². The Labute approximate surface area is 115 Å². The van der Waals surface area contributed by atoms with Crippen molar-refractivity contribution in [3.63, 3.8) is 0 Å². The van der Waals surface area contributed by atoms with Gasteiger partial charge in [-0.05, 0) is 33.4 Å². The minimum atomic E-state index is 0.625. The largest absolute Gasteiger partial charge is 0.304 e. The molecular weight excluding hydrogens is 218 g/mol. The summed E-state index contributed by atoms with van der Waals surface area (Å²) in [6.45, 7) is 2.29. The van der Waals surface area contributed by atoms with Gasteiger partial charge in [-0.1, -0.05) is 71.1 Å². The Bertz CT molecular complexity index is 194. The molecule has 0 amide bonds. The minimum Gasteiger partial charge on any atom is -0.304 e. The molecule has 0 aromatic rings. The van der Waals surface area contributed by atoms with Gasteiger partial charge in [-0.2, -0.15) is 0 Å². The van der Waals surface area contributed by atoms with E-state index in [0.29, 0.717) is 5.54 Å². The highest BCUT2D eigenvalue weighted by atomic mass is 15.2. The van der Waals surface area contributed by atoms with Crippen LogP contribution < -0.4 is 0 Å². The fourth-order valence-electron chi connectivity index (χ4n) is 3.01. The molecule has 1 heteroatoms. The molecule has 1 saturated carbocycles. The van der Waals surface area contributed by atoms with Crippen LogP contribution in [-0.4, -0.2) is 24.5 Å². The first-order valence-corrected chi connectivity index (χ1v) is 8.39. The van der Waals surface area contributed by atoms with Gasteiger partial charge in [0.2, 0.25) is 0 Å². The zero-order valence-electron chi connectivity index (χ0n) is 13.1. The van der Waals surface area contributed by atoms with Gasteiger partial charge in [-0.25, -0.2) is 0 Å². The van der Waals surface area contributed by atoms with Crippen LogP contribution in [-0.2, 0) is 0 Å². The predicted octanol–water partition coefficient (Wildman–Crippen LogP) is 5.39. The Kier molecular flexibility index (Phi) is 7.97. The molecule has 1 nitrogen and oxygen atoms in total. The monoisotopic (exact) mass is 253 g/mol. The molecule has 1 aliphatic carbocycles. The van der Waals surface area contributed by atoms with Crippen LogP contribution in [0.3, 0.4) is 0 Å². The molecule has 0 aromatic carbocycles. The van der Waals surface area contributed by atoms with Crippen molar-refractivity contribution < 1.29 is 0 Å². The highest BCUT2D eigenvalue weighted by Crippen LogP contribution is 2.44. The SMILES string of the molecule is CCCCCCCCCCCCC1(N(C)C)CC1. The van der Waals surface area contributed by atoms with Crippen molar-refractivity contribution in [1.29, 1.82) is 0 Å². The second kappa shape index (κ2) is 8.96. The van der Waals surface area contributed by atoms with E-state index in [1.165, 1.54) is 83.5 Å². The van der Waals surface area contributed by atoms with Crippen LogP contribution in [0.25, 0.3) is 0 Å². The molecule has 1 aliphatic rings. The molecule has 0 aromatic heterocycles. The van der Waals surface area contributed by atoms with Crippen molar-refractivity contribution >= 4 is 0 Å². The first-order chi connectivity index (χ1) is 8.71. The molecule has 18 heavy (non-hydrogen) atoms. The first kappa shape index (κ1) is 16.0. The van der Waals surface area contributed by atoms with Crippen LogP contribution in [0.2, 0.25) is 0 Å². The van der Waals surface area contributed by atoms with Gasteiger partial charge in [0.15, 0.2) is 0 Å². The van der Waals surface area contributed by atoms with E-state index in [1.54, 1.807) is 0 Å². The minimum absolute atomic E-state index is 0.625. The fourth-order valence-corrected chi connectivity index (χ4v) is 3.01. The lowest BCUT2D eigenvalue weighted by molar-refractivity contribution is 0.249. The highest BCUT2D eigenvalue weighted by molar-refractivity contribution is 5.01. The summed E-state index contributed by atoms with van der Waals surface area (Å²) in [6, 6.07) is 0. The molecule has 0 saturated heterocycles. The number of unbranched alkanes of at least 4 members (excludes halogenated alkanes) is 9. The van der Waals surface area contributed by atoms with Crippen LogP contribution in [0.4, 0.5) is 0 Å². The van der Waals surface area contributed by atoms with Crippen molar-refractivity contribution in [1.82, 2.24) is 4.90 Å². The summed E-state index contributed by atoms with van der Waals surface area (Å²) >= 11 is 0. The summed E-state index contributed by atoms with van der Waals surface area (Å²) in [4.78, 5) is 2.46. The summed E-state index contributed by atoms with van der Waals surface area (Å²) in [5.41, 5.74) is 0.625. The molecule has 0 heterocycles. The maximum Gasteiger partial charge on any atom is 0.0204 e. The molecule has 0 N–H and O–H groups in total. The van der Waals surface area contributed by atoms with Crippen LogP contribution in [0.15, 0.2) is 0 Å². The molecule has 108 valence electrons. The van der Waals surface area contributed by atoms with Gasteiger partial charge in [-0.15, -0.1) is 0 Å². The Morgan fingerprint density at radius 3 is 1.56 bits per heavy atom. The average Bonchev–Trinajstić information content (AvgIpc) is 3.13. The Morgan fingerprint density at radius 1 is 0.722 bits per heavy atom. The predicted molar refractivity (Wildman–Crippen MR) is 82.1 cm³/mol. The van der Waals surface area contributed by atoms with E-state index in [4.69, 9.17) is 0 Å². The summed E-state index contributed by atoms with van der Waals surface area (Å²) < 4.78 is 0. The molecular formula is C17H35N. The second-order valence-electron chi connectivity index (χ2n) is 6.55. The maximum atomic E-state index is 2.46. The summed E-state index contributed by atoms with van der Waals surface area (Å²) in [7, 11) is 4.51. The topological polar surface area (TPSA) is 3.24 Å². The average molecular weight is 253 g/mol. The van der Waals surface area contributed by atoms with Crippen LogP contribution in [0, 0.1) is 0 Å². The smallest absolute Gasteiger partial charge is 0.0204 e. The third-order valence-electron chi connectivity index (χ3n) is 4.77. The second-order valence-corrected chi connectivity index (χ2v) is 6.55. The third kappa shape index (κ3) is 6.22. The molecule has 1 fully saturated rings. The lowest BCUT2D eigenvalue weighted by atomic mass is 10.0. The van der Waals surface area contributed by atoms with Gasteiger partial charge in [0.1, 0.15) is 0 Å². The van der Waals surface area contributed by atoms with Crippen molar-refractivity contribution in [3.8, 4) is 0 Å². The molecule has 0 aliphatic heterocycles. The molecule has 1 rings (SSSR count). The molecule has 0 atom stereocenters. The molecule has 0 bridgehead atoms. The lowest BCUT2D eigenvalue weighted by Gasteiger charge is -2.23. The number of rotatable bonds is 12. The lowest BCUT2D eigenvalue weighted by Crippen LogP contribution is -2.29. The Morgan fingerprint density at radius 2 is 1.17 bits per heavy atom. The van der Waals surface area contributed by atoms with Gasteiger partial charge in [0.25, 0.3) is 0 Å². The van der Waals surface area contributed by atoms with Gasteiger partial charge in [-0.3, -0.25) is 0 Å². The van der Waals surface area contributed by atoms with Gasteiger partial charge in [0.05, 0.1) is 0 Å². The number of hydrogen-bond acceptors (Lipinski definition) is 1. The number of hydrogen-bond donors (Lipinski definition) is 0. The molecule has 0 radical (unpaired) electrons.